The van der Waals surface area contributed by atoms with Crippen LogP contribution in [0.4, 0.5) is 5.69 Å². The van der Waals surface area contributed by atoms with E-state index in [0.717, 1.165) is 30.6 Å². The molecule has 0 radical (unpaired) electrons. The molecule has 1 fully saturated rings. The fourth-order valence-corrected chi connectivity index (χ4v) is 3.48. The topological polar surface area (TPSA) is 86.5 Å². The van der Waals surface area contributed by atoms with Crippen LogP contribution >= 0.6 is 0 Å². The van der Waals surface area contributed by atoms with Crippen molar-refractivity contribution in [2.45, 2.75) is 45.1 Å². The molecule has 1 N–H and O–H groups in total. The minimum atomic E-state index is -0.0754. The number of carbonyl (C=O) groups excluding carboxylic acids is 1. The van der Waals surface area contributed by atoms with Crippen LogP contribution in [0.2, 0.25) is 0 Å². The lowest BCUT2D eigenvalue weighted by Crippen LogP contribution is -2.18. The summed E-state index contributed by atoms with van der Waals surface area (Å²) in [5, 5.41) is 11.1. The van der Waals surface area contributed by atoms with Gasteiger partial charge in [0.2, 0.25) is 17.7 Å². The Balaban J connectivity index is 1.27. The minimum Gasteiger partial charge on any atom is -0.489 e. The molecule has 1 aliphatic rings. The average Bonchev–Trinajstić information content (AvgIpc) is 3.47. The summed E-state index contributed by atoms with van der Waals surface area (Å²) < 4.78 is 17.3. The third-order valence-corrected chi connectivity index (χ3v) is 5.14. The van der Waals surface area contributed by atoms with Crippen LogP contribution in [0.15, 0.2) is 52.9 Å². The molecule has 1 amide bonds. The first kappa shape index (κ1) is 21.1. The van der Waals surface area contributed by atoms with Crippen LogP contribution < -0.4 is 10.1 Å². The standard InChI is InChI=1S/C24H27N3O4/c1-17-12-13-20(21(15-17)30-16-19-9-6-14-29-19)25-22(28)10-5-11-23-26-27-24(31-23)18-7-3-2-4-8-18/h2-4,7-8,12-13,15,19H,5-6,9-11,14,16H2,1H3,(H,25,28). The highest BCUT2D eigenvalue weighted by Gasteiger charge is 2.17. The highest BCUT2D eigenvalue weighted by Crippen LogP contribution is 2.27. The molecule has 1 aliphatic heterocycles. The van der Waals surface area contributed by atoms with Crippen LogP contribution in [-0.2, 0) is 16.0 Å². The van der Waals surface area contributed by atoms with Gasteiger partial charge in [-0.2, -0.15) is 0 Å². The monoisotopic (exact) mass is 421 g/mol. The molecule has 7 nitrogen and oxygen atoms in total. The number of amides is 1. The number of hydrogen-bond donors (Lipinski definition) is 1. The molecule has 7 heteroatoms. The second kappa shape index (κ2) is 10.2. The van der Waals surface area contributed by atoms with Gasteiger partial charge in [0.1, 0.15) is 12.4 Å². The number of aromatic nitrogens is 2. The molecule has 0 bridgehead atoms. The summed E-state index contributed by atoms with van der Waals surface area (Å²) in [6.07, 6.45) is 3.71. The van der Waals surface area contributed by atoms with Gasteiger partial charge in [0.25, 0.3) is 0 Å². The minimum absolute atomic E-state index is 0.0754. The van der Waals surface area contributed by atoms with Gasteiger partial charge in [-0.25, -0.2) is 0 Å². The molecular weight excluding hydrogens is 394 g/mol. The molecule has 2 heterocycles. The Labute approximate surface area is 181 Å². The smallest absolute Gasteiger partial charge is 0.247 e. The molecule has 31 heavy (non-hydrogen) atoms. The van der Waals surface area contributed by atoms with Crippen molar-refractivity contribution in [2.75, 3.05) is 18.5 Å². The number of rotatable bonds is 9. The van der Waals surface area contributed by atoms with Crippen molar-refractivity contribution in [2.24, 2.45) is 0 Å². The van der Waals surface area contributed by atoms with Gasteiger partial charge < -0.3 is 19.2 Å². The summed E-state index contributed by atoms with van der Waals surface area (Å²) >= 11 is 0. The highest BCUT2D eigenvalue weighted by molar-refractivity contribution is 5.92. The molecule has 1 aromatic heterocycles. The first-order valence-corrected chi connectivity index (χ1v) is 10.7. The van der Waals surface area contributed by atoms with Crippen molar-refractivity contribution < 1.29 is 18.7 Å². The summed E-state index contributed by atoms with van der Waals surface area (Å²) in [4.78, 5) is 12.5. The average molecular weight is 421 g/mol. The second-order valence-electron chi connectivity index (χ2n) is 7.71. The van der Waals surface area contributed by atoms with Gasteiger partial charge >= 0.3 is 0 Å². The van der Waals surface area contributed by atoms with Crippen LogP contribution in [0.5, 0.6) is 5.75 Å². The van der Waals surface area contributed by atoms with E-state index < -0.39 is 0 Å². The summed E-state index contributed by atoms with van der Waals surface area (Å²) in [5.74, 6) is 1.62. The predicted octanol–water partition coefficient (Wildman–Crippen LogP) is 4.56. The van der Waals surface area contributed by atoms with E-state index in [2.05, 4.69) is 15.5 Å². The molecular formula is C24H27N3O4. The van der Waals surface area contributed by atoms with E-state index in [1.165, 1.54) is 0 Å². The number of ether oxygens (including phenoxy) is 2. The van der Waals surface area contributed by atoms with Crippen molar-refractivity contribution in [3.63, 3.8) is 0 Å². The molecule has 1 unspecified atom stereocenters. The van der Waals surface area contributed by atoms with Crippen LogP contribution in [0.25, 0.3) is 11.5 Å². The molecule has 1 saturated heterocycles. The number of aryl methyl sites for hydroxylation is 2. The van der Waals surface area contributed by atoms with Gasteiger partial charge in [-0.15, -0.1) is 10.2 Å². The third kappa shape index (κ3) is 5.92. The molecule has 0 saturated carbocycles. The molecule has 0 spiro atoms. The van der Waals surface area contributed by atoms with E-state index in [-0.39, 0.29) is 12.0 Å². The summed E-state index contributed by atoms with van der Waals surface area (Å²) in [6, 6.07) is 15.4. The number of carbonyl (C=O) groups is 1. The van der Waals surface area contributed by atoms with Gasteiger partial charge in [0.05, 0.1) is 11.8 Å². The largest absolute Gasteiger partial charge is 0.489 e. The maximum absolute atomic E-state index is 12.5. The van der Waals surface area contributed by atoms with Crippen molar-refractivity contribution in [3.8, 4) is 17.2 Å². The van der Waals surface area contributed by atoms with Gasteiger partial charge in [-0.3, -0.25) is 4.79 Å². The van der Waals surface area contributed by atoms with Gasteiger partial charge in [0, 0.05) is 25.0 Å². The molecule has 1 atom stereocenters. The zero-order chi connectivity index (χ0) is 21.5. The normalized spacial score (nSPS) is 15.7. The molecule has 162 valence electrons. The van der Waals surface area contributed by atoms with Crippen LogP contribution in [0, 0.1) is 6.92 Å². The van der Waals surface area contributed by atoms with E-state index in [9.17, 15) is 4.79 Å². The lowest BCUT2D eigenvalue weighted by Gasteiger charge is -2.16. The van der Waals surface area contributed by atoms with E-state index in [4.69, 9.17) is 13.9 Å². The fraction of sp³-hybridized carbons (Fsp3) is 0.375. The molecule has 3 aromatic rings. The van der Waals surface area contributed by atoms with Crippen molar-refractivity contribution in [1.29, 1.82) is 0 Å². The van der Waals surface area contributed by atoms with Gasteiger partial charge in [0.15, 0.2) is 0 Å². The zero-order valence-electron chi connectivity index (χ0n) is 17.7. The second-order valence-corrected chi connectivity index (χ2v) is 7.71. The Morgan fingerprint density at radius 2 is 2.06 bits per heavy atom. The Bertz CT molecular complexity index is 997. The van der Waals surface area contributed by atoms with Gasteiger partial charge in [-0.1, -0.05) is 24.3 Å². The van der Waals surface area contributed by atoms with Crippen molar-refractivity contribution >= 4 is 11.6 Å². The SMILES string of the molecule is Cc1ccc(NC(=O)CCCc2nnc(-c3ccccc3)o2)c(OCC2CCCO2)c1. The number of benzene rings is 2. The lowest BCUT2D eigenvalue weighted by atomic mass is 10.2. The first-order valence-electron chi connectivity index (χ1n) is 10.7. The van der Waals surface area contributed by atoms with Gasteiger partial charge in [-0.05, 0) is 56.0 Å². The quantitative estimate of drug-likeness (QED) is 0.545. The van der Waals surface area contributed by atoms with E-state index in [1.54, 1.807) is 0 Å². The number of anilines is 1. The van der Waals surface area contributed by atoms with Crippen LogP contribution in [-0.4, -0.2) is 35.4 Å². The third-order valence-electron chi connectivity index (χ3n) is 5.14. The Morgan fingerprint density at radius 1 is 1.19 bits per heavy atom. The molecule has 4 rings (SSSR count). The number of hydrogen-bond acceptors (Lipinski definition) is 6. The Morgan fingerprint density at radius 3 is 2.87 bits per heavy atom. The first-order chi connectivity index (χ1) is 15.2. The number of nitrogens with one attached hydrogen (secondary N) is 1. The molecule has 0 aliphatic carbocycles. The van der Waals surface area contributed by atoms with Crippen molar-refractivity contribution in [3.05, 3.63) is 60.0 Å². The maximum atomic E-state index is 12.5. The zero-order valence-corrected chi connectivity index (χ0v) is 17.7. The maximum Gasteiger partial charge on any atom is 0.247 e. The van der Waals surface area contributed by atoms with E-state index in [0.29, 0.717) is 49.1 Å². The summed E-state index contributed by atoms with van der Waals surface area (Å²) in [6.45, 7) is 3.28. The summed E-state index contributed by atoms with van der Waals surface area (Å²) in [5.41, 5.74) is 2.64. The predicted molar refractivity (Wildman–Crippen MR) is 117 cm³/mol. The van der Waals surface area contributed by atoms with Crippen LogP contribution in [0.1, 0.15) is 37.1 Å². The van der Waals surface area contributed by atoms with Crippen molar-refractivity contribution in [1.82, 2.24) is 10.2 Å². The number of nitrogens with zero attached hydrogens (tertiary/aromatic N) is 2. The van der Waals surface area contributed by atoms with E-state index >= 15 is 0 Å². The highest BCUT2D eigenvalue weighted by atomic mass is 16.5. The van der Waals surface area contributed by atoms with E-state index in [1.807, 2.05) is 55.5 Å². The molecule has 2 aromatic carbocycles. The lowest BCUT2D eigenvalue weighted by molar-refractivity contribution is -0.116. The van der Waals surface area contributed by atoms with Crippen LogP contribution in [0.3, 0.4) is 0 Å². The Hall–Kier alpha value is -3.19. The Kier molecular flexibility index (Phi) is 6.94. The fourth-order valence-electron chi connectivity index (χ4n) is 3.48. The summed E-state index contributed by atoms with van der Waals surface area (Å²) in [7, 11) is 0.